The molecular weight excluding hydrogens is 244 g/mol. The first-order valence-electron chi connectivity index (χ1n) is 6.85. The standard InChI is InChI=1S/C13H18N4O2/c18-11-7-10(15-13(16-11)9-3-4-9)14-8-12(19)17-5-1-2-6-17/h7,9H,1-6,8H2,(H2,14,15,16,18). The molecule has 1 aromatic heterocycles. The van der Waals surface area contributed by atoms with Crippen molar-refractivity contribution in [3.63, 3.8) is 0 Å². The van der Waals surface area contributed by atoms with Gasteiger partial charge in [-0.15, -0.1) is 0 Å². The zero-order valence-electron chi connectivity index (χ0n) is 10.8. The van der Waals surface area contributed by atoms with Crippen LogP contribution in [0.5, 0.6) is 0 Å². The van der Waals surface area contributed by atoms with Crippen LogP contribution in [0.25, 0.3) is 0 Å². The lowest BCUT2D eigenvalue weighted by atomic mass is 10.4. The molecule has 1 saturated heterocycles. The Balaban J connectivity index is 1.62. The maximum absolute atomic E-state index is 11.9. The Morgan fingerprint density at radius 2 is 2.16 bits per heavy atom. The number of H-pyrrole nitrogens is 1. The van der Waals surface area contributed by atoms with Gasteiger partial charge in [0.05, 0.1) is 6.54 Å². The van der Waals surface area contributed by atoms with Crippen molar-refractivity contribution in [2.24, 2.45) is 0 Å². The highest BCUT2D eigenvalue weighted by Gasteiger charge is 2.26. The predicted octanol–water partition coefficient (Wildman–Crippen LogP) is 0.682. The fraction of sp³-hybridized carbons (Fsp3) is 0.615. The van der Waals surface area contributed by atoms with E-state index in [-0.39, 0.29) is 18.0 Å². The SMILES string of the molecule is O=C(CNc1cc(=O)[nH]c(C2CC2)n1)N1CCCC1. The molecule has 0 atom stereocenters. The Labute approximate surface area is 111 Å². The number of nitrogens with zero attached hydrogens (tertiary/aromatic N) is 2. The molecule has 6 nitrogen and oxygen atoms in total. The van der Waals surface area contributed by atoms with E-state index >= 15 is 0 Å². The quantitative estimate of drug-likeness (QED) is 0.836. The summed E-state index contributed by atoms with van der Waals surface area (Å²) in [4.78, 5) is 32.4. The highest BCUT2D eigenvalue weighted by Crippen LogP contribution is 2.37. The number of aromatic nitrogens is 2. The second-order valence-corrected chi connectivity index (χ2v) is 5.23. The smallest absolute Gasteiger partial charge is 0.252 e. The van der Waals surface area contributed by atoms with Crippen LogP contribution in [0.3, 0.4) is 0 Å². The highest BCUT2D eigenvalue weighted by molar-refractivity contribution is 5.80. The van der Waals surface area contributed by atoms with E-state index < -0.39 is 0 Å². The molecule has 102 valence electrons. The minimum absolute atomic E-state index is 0.0764. The van der Waals surface area contributed by atoms with Crippen LogP contribution in [0.15, 0.2) is 10.9 Å². The van der Waals surface area contributed by atoms with Gasteiger partial charge in [-0.25, -0.2) is 4.98 Å². The van der Waals surface area contributed by atoms with E-state index in [1.807, 2.05) is 4.90 Å². The maximum Gasteiger partial charge on any atom is 0.252 e. The van der Waals surface area contributed by atoms with Crippen LogP contribution in [-0.4, -0.2) is 40.4 Å². The number of rotatable bonds is 4. The van der Waals surface area contributed by atoms with Gasteiger partial charge in [0.25, 0.3) is 5.56 Å². The molecule has 19 heavy (non-hydrogen) atoms. The van der Waals surface area contributed by atoms with E-state index in [1.54, 1.807) is 0 Å². The van der Waals surface area contributed by atoms with Crippen molar-refractivity contribution in [3.8, 4) is 0 Å². The normalized spacial score (nSPS) is 18.6. The number of carbonyl (C=O) groups is 1. The number of anilines is 1. The van der Waals surface area contributed by atoms with Gasteiger partial charge in [-0.05, 0) is 25.7 Å². The Morgan fingerprint density at radius 3 is 2.84 bits per heavy atom. The first-order chi connectivity index (χ1) is 9.22. The third-order valence-corrected chi connectivity index (χ3v) is 3.60. The average Bonchev–Trinajstić information content (AvgIpc) is 3.11. The third kappa shape index (κ3) is 2.94. The fourth-order valence-electron chi connectivity index (χ4n) is 2.36. The molecular formula is C13H18N4O2. The molecule has 3 rings (SSSR count). The number of likely N-dealkylation sites (tertiary alicyclic amines) is 1. The zero-order valence-corrected chi connectivity index (χ0v) is 10.8. The first-order valence-corrected chi connectivity index (χ1v) is 6.85. The number of amides is 1. The van der Waals surface area contributed by atoms with Crippen molar-refractivity contribution in [1.82, 2.24) is 14.9 Å². The first kappa shape index (κ1) is 12.2. The van der Waals surface area contributed by atoms with E-state index in [4.69, 9.17) is 0 Å². The molecule has 2 fully saturated rings. The van der Waals surface area contributed by atoms with Gasteiger partial charge in [0, 0.05) is 25.1 Å². The van der Waals surface area contributed by atoms with Gasteiger partial charge < -0.3 is 15.2 Å². The van der Waals surface area contributed by atoms with E-state index in [0.717, 1.165) is 44.6 Å². The molecule has 1 aromatic rings. The molecule has 1 saturated carbocycles. The summed E-state index contributed by atoms with van der Waals surface area (Å²) in [5.74, 6) is 1.71. The highest BCUT2D eigenvalue weighted by atomic mass is 16.2. The van der Waals surface area contributed by atoms with Crippen LogP contribution in [0.2, 0.25) is 0 Å². The van der Waals surface area contributed by atoms with Crippen LogP contribution < -0.4 is 10.9 Å². The Morgan fingerprint density at radius 1 is 1.42 bits per heavy atom. The molecule has 0 radical (unpaired) electrons. The summed E-state index contributed by atoms with van der Waals surface area (Å²) in [6.45, 7) is 1.90. The molecule has 2 aliphatic rings. The van der Waals surface area contributed by atoms with Gasteiger partial charge in [0.1, 0.15) is 11.6 Å². The van der Waals surface area contributed by atoms with Crippen molar-refractivity contribution >= 4 is 11.7 Å². The monoisotopic (exact) mass is 262 g/mol. The summed E-state index contributed by atoms with van der Waals surface area (Å²) < 4.78 is 0. The molecule has 0 spiro atoms. The Bertz CT molecular complexity index is 530. The van der Waals surface area contributed by atoms with E-state index in [2.05, 4.69) is 15.3 Å². The lowest BCUT2D eigenvalue weighted by molar-refractivity contribution is -0.128. The molecule has 0 aromatic carbocycles. The summed E-state index contributed by atoms with van der Waals surface area (Å²) >= 11 is 0. The van der Waals surface area contributed by atoms with Gasteiger partial charge in [0.2, 0.25) is 5.91 Å². The zero-order chi connectivity index (χ0) is 13.2. The third-order valence-electron chi connectivity index (χ3n) is 3.60. The topological polar surface area (TPSA) is 78.1 Å². The van der Waals surface area contributed by atoms with E-state index in [9.17, 15) is 9.59 Å². The lowest BCUT2D eigenvalue weighted by Crippen LogP contribution is -2.33. The van der Waals surface area contributed by atoms with Gasteiger partial charge >= 0.3 is 0 Å². The van der Waals surface area contributed by atoms with Crippen LogP contribution in [0, 0.1) is 0 Å². The summed E-state index contributed by atoms with van der Waals surface area (Å²) in [5.41, 5.74) is -0.159. The van der Waals surface area contributed by atoms with Crippen LogP contribution >= 0.6 is 0 Å². The van der Waals surface area contributed by atoms with Gasteiger partial charge in [-0.3, -0.25) is 9.59 Å². The van der Waals surface area contributed by atoms with Crippen molar-refractivity contribution in [3.05, 3.63) is 22.2 Å². The van der Waals surface area contributed by atoms with E-state index in [0.29, 0.717) is 11.7 Å². The van der Waals surface area contributed by atoms with Crippen molar-refractivity contribution in [1.29, 1.82) is 0 Å². The number of hydrogen-bond donors (Lipinski definition) is 2. The largest absolute Gasteiger partial charge is 0.361 e. The molecule has 6 heteroatoms. The summed E-state index contributed by atoms with van der Waals surface area (Å²) in [6.07, 6.45) is 4.33. The average molecular weight is 262 g/mol. The maximum atomic E-state index is 11.9. The molecule has 1 aliphatic carbocycles. The van der Waals surface area contributed by atoms with Crippen LogP contribution in [0.1, 0.15) is 37.4 Å². The summed E-state index contributed by atoms with van der Waals surface area (Å²) in [7, 11) is 0. The number of nitrogens with one attached hydrogen (secondary N) is 2. The minimum atomic E-state index is -0.159. The summed E-state index contributed by atoms with van der Waals surface area (Å²) in [5, 5.41) is 2.96. The Kier molecular flexibility index (Phi) is 3.23. The van der Waals surface area contributed by atoms with Gasteiger partial charge in [0.15, 0.2) is 0 Å². The minimum Gasteiger partial charge on any atom is -0.361 e. The van der Waals surface area contributed by atoms with Crippen molar-refractivity contribution < 1.29 is 4.79 Å². The van der Waals surface area contributed by atoms with Crippen LogP contribution in [0.4, 0.5) is 5.82 Å². The number of hydrogen-bond acceptors (Lipinski definition) is 4. The molecule has 0 unspecified atom stereocenters. The number of carbonyl (C=O) groups excluding carboxylic acids is 1. The fourth-order valence-corrected chi connectivity index (χ4v) is 2.36. The molecule has 1 aliphatic heterocycles. The number of aromatic amines is 1. The van der Waals surface area contributed by atoms with Crippen molar-refractivity contribution in [2.45, 2.75) is 31.6 Å². The lowest BCUT2D eigenvalue weighted by Gasteiger charge is -2.15. The summed E-state index contributed by atoms with van der Waals surface area (Å²) in [6, 6.07) is 1.41. The second kappa shape index (κ2) is 5.03. The van der Waals surface area contributed by atoms with Gasteiger partial charge in [-0.2, -0.15) is 0 Å². The predicted molar refractivity (Wildman–Crippen MR) is 71.1 cm³/mol. The Hall–Kier alpha value is -1.85. The van der Waals surface area contributed by atoms with Crippen LogP contribution in [-0.2, 0) is 4.79 Å². The molecule has 2 N–H and O–H groups in total. The molecule has 0 bridgehead atoms. The van der Waals surface area contributed by atoms with E-state index in [1.165, 1.54) is 6.07 Å². The van der Waals surface area contributed by atoms with Crippen molar-refractivity contribution in [2.75, 3.05) is 25.0 Å². The second-order valence-electron chi connectivity index (χ2n) is 5.23. The molecule has 2 heterocycles. The van der Waals surface area contributed by atoms with Gasteiger partial charge in [-0.1, -0.05) is 0 Å². The molecule has 1 amide bonds.